The maximum Gasteiger partial charge on any atom is 0.337 e. The van der Waals surface area contributed by atoms with Crippen LogP contribution in [0.2, 0.25) is 0 Å². The highest BCUT2D eigenvalue weighted by Crippen LogP contribution is 2.21. The van der Waals surface area contributed by atoms with Crippen molar-refractivity contribution in [1.29, 1.82) is 0 Å². The van der Waals surface area contributed by atoms with Crippen molar-refractivity contribution in [2.75, 3.05) is 5.32 Å². The summed E-state index contributed by atoms with van der Waals surface area (Å²) in [5.41, 5.74) is 0.109. The van der Waals surface area contributed by atoms with Crippen molar-refractivity contribution in [3.8, 4) is 5.75 Å². The first kappa shape index (κ1) is 16.0. The van der Waals surface area contributed by atoms with Crippen molar-refractivity contribution in [2.24, 2.45) is 0 Å². The van der Waals surface area contributed by atoms with Gasteiger partial charge in [-0.25, -0.2) is 4.79 Å². The summed E-state index contributed by atoms with van der Waals surface area (Å²) in [7, 11) is 0. The molecule has 0 unspecified atom stereocenters. The van der Waals surface area contributed by atoms with Gasteiger partial charge in [-0.1, -0.05) is 32.6 Å². The van der Waals surface area contributed by atoms with Crippen LogP contribution >= 0.6 is 0 Å². The Bertz CT molecular complexity index is 471. The molecule has 0 radical (unpaired) electrons. The third-order valence-electron chi connectivity index (χ3n) is 3.02. The van der Waals surface area contributed by atoms with E-state index in [1.54, 1.807) is 0 Å². The molecular weight excluding hydrogens is 258 g/mol. The Kier molecular flexibility index (Phi) is 6.56. The normalized spacial score (nSPS) is 10.2. The number of benzene rings is 1. The molecule has 1 aromatic carbocycles. The molecule has 1 amide bonds. The second kappa shape index (κ2) is 8.19. The highest BCUT2D eigenvalue weighted by molar-refractivity contribution is 6.00. The number of hydrogen-bond acceptors (Lipinski definition) is 3. The smallest absolute Gasteiger partial charge is 0.337 e. The molecule has 110 valence electrons. The van der Waals surface area contributed by atoms with Gasteiger partial charge >= 0.3 is 5.97 Å². The molecule has 1 rings (SSSR count). The number of carbonyl (C=O) groups is 2. The van der Waals surface area contributed by atoms with Gasteiger partial charge in [0.25, 0.3) is 0 Å². The van der Waals surface area contributed by atoms with Crippen LogP contribution in [-0.4, -0.2) is 22.1 Å². The SMILES string of the molecule is CCCCCCCC(=O)Nc1ccc(O)cc1C(=O)O. The van der Waals surface area contributed by atoms with Crippen molar-refractivity contribution in [1.82, 2.24) is 0 Å². The second-order valence-corrected chi connectivity index (χ2v) is 4.75. The zero-order chi connectivity index (χ0) is 15.0. The average molecular weight is 279 g/mol. The fourth-order valence-corrected chi connectivity index (χ4v) is 1.92. The van der Waals surface area contributed by atoms with E-state index in [1.165, 1.54) is 18.6 Å². The van der Waals surface area contributed by atoms with Crippen LogP contribution in [0.15, 0.2) is 18.2 Å². The lowest BCUT2D eigenvalue weighted by Crippen LogP contribution is -2.14. The zero-order valence-electron chi connectivity index (χ0n) is 11.7. The molecule has 5 heteroatoms. The molecule has 1 aromatic rings. The molecule has 5 nitrogen and oxygen atoms in total. The Balaban J connectivity index is 2.51. The zero-order valence-corrected chi connectivity index (χ0v) is 11.7. The molecular formula is C15H21NO4. The monoisotopic (exact) mass is 279 g/mol. The number of aromatic carboxylic acids is 1. The van der Waals surface area contributed by atoms with E-state index < -0.39 is 5.97 Å². The Morgan fingerprint density at radius 2 is 1.85 bits per heavy atom. The molecule has 0 saturated carbocycles. The molecule has 0 fully saturated rings. The van der Waals surface area contributed by atoms with Crippen LogP contribution in [0.25, 0.3) is 0 Å². The van der Waals surface area contributed by atoms with Gasteiger partial charge in [-0.15, -0.1) is 0 Å². The summed E-state index contributed by atoms with van der Waals surface area (Å²) in [6.45, 7) is 2.13. The number of carboxylic acid groups (broad SMARTS) is 1. The first-order valence-corrected chi connectivity index (χ1v) is 6.90. The number of nitrogens with one attached hydrogen (secondary N) is 1. The molecule has 0 heterocycles. The largest absolute Gasteiger partial charge is 0.508 e. The second-order valence-electron chi connectivity index (χ2n) is 4.75. The highest BCUT2D eigenvalue weighted by atomic mass is 16.4. The molecule has 0 bridgehead atoms. The predicted octanol–water partition coefficient (Wildman–Crippen LogP) is 3.39. The summed E-state index contributed by atoms with van der Waals surface area (Å²) in [5.74, 6) is -1.52. The van der Waals surface area contributed by atoms with E-state index in [9.17, 15) is 14.7 Å². The fraction of sp³-hybridized carbons (Fsp3) is 0.467. The Hall–Kier alpha value is -2.04. The van der Waals surface area contributed by atoms with Gasteiger partial charge in [0, 0.05) is 6.42 Å². The maximum absolute atomic E-state index is 11.7. The summed E-state index contributed by atoms with van der Waals surface area (Å²) in [4.78, 5) is 22.8. The third-order valence-corrected chi connectivity index (χ3v) is 3.02. The quantitative estimate of drug-likeness (QED) is 0.503. The van der Waals surface area contributed by atoms with Gasteiger partial charge in [-0.2, -0.15) is 0 Å². The number of amides is 1. The van der Waals surface area contributed by atoms with Crippen LogP contribution in [0, 0.1) is 0 Å². The number of rotatable bonds is 8. The lowest BCUT2D eigenvalue weighted by atomic mass is 10.1. The number of aromatic hydroxyl groups is 1. The number of hydrogen-bond donors (Lipinski definition) is 3. The molecule has 20 heavy (non-hydrogen) atoms. The van der Waals surface area contributed by atoms with E-state index in [1.807, 2.05) is 0 Å². The van der Waals surface area contributed by atoms with Crippen LogP contribution in [0.3, 0.4) is 0 Å². The van der Waals surface area contributed by atoms with Crippen molar-refractivity contribution in [3.05, 3.63) is 23.8 Å². The molecule has 0 aliphatic rings. The summed E-state index contributed by atoms with van der Waals surface area (Å²) in [5, 5.41) is 20.9. The van der Waals surface area contributed by atoms with E-state index in [0.29, 0.717) is 6.42 Å². The van der Waals surface area contributed by atoms with Crippen molar-refractivity contribution < 1.29 is 19.8 Å². The molecule has 0 saturated heterocycles. The van der Waals surface area contributed by atoms with Crippen LogP contribution < -0.4 is 5.32 Å². The van der Waals surface area contributed by atoms with Gasteiger partial charge in [0.1, 0.15) is 5.75 Å². The number of carboxylic acids is 1. The molecule has 0 spiro atoms. The minimum Gasteiger partial charge on any atom is -0.508 e. The number of phenols is 1. The van der Waals surface area contributed by atoms with Gasteiger partial charge < -0.3 is 15.5 Å². The molecule has 0 aromatic heterocycles. The van der Waals surface area contributed by atoms with E-state index in [-0.39, 0.29) is 22.9 Å². The first-order chi connectivity index (χ1) is 9.54. The Labute approximate surface area is 118 Å². The fourth-order valence-electron chi connectivity index (χ4n) is 1.92. The van der Waals surface area contributed by atoms with Crippen LogP contribution in [0.5, 0.6) is 5.75 Å². The molecule has 0 aliphatic heterocycles. The minimum absolute atomic E-state index is 0.107. The van der Waals surface area contributed by atoms with Crippen LogP contribution in [-0.2, 0) is 4.79 Å². The summed E-state index contributed by atoms with van der Waals surface area (Å²) < 4.78 is 0. The lowest BCUT2D eigenvalue weighted by Gasteiger charge is -2.08. The standard InChI is InChI=1S/C15H21NO4/c1-2-3-4-5-6-7-14(18)16-13-9-8-11(17)10-12(13)15(19)20/h8-10,17H,2-7H2,1H3,(H,16,18)(H,19,20). The van der Waals surface area contributed by atoms with Crippen molar-refractivity contribution in [3.63, 3.8) is 0 Å². The van der Waals surface area contributed by atoms with E-state index in [4.69, 9.17) is 5.11 Å². The number of phenolic OH excluding ortho intramolecular Hbond substituents is 1. The first-order valence-electron chi connectivity index (χ1n) is 6.90. The highest BCUT2D eigenvalue weighted by Gasteiger charge is 2.13. The summed E-state index contributed by atoms with van der Waals surface area (Å²) in [6, 6.07) is 3.87. The van der Waals surface area contributed by atoms with Crippen molar-refractivity contribution >= 4 is 17.6 Å². The van der Waals surface area contributed by atoms with Crippen LogP contribution in [0.4, 0.5) is 5.69 Å². The average Bonchev–Trinajstić information content (AvgIpc) is 2.40. The van der Waals surface area contributed by atoms with Gasteiger partial charge in [0.05, 0.1) is 11.3 Å². The number of unbranched alkanes of at least 4 members (excludes halogenated alkanes) is 4. The van der Waals surface area contributed by atoms with Gasteiger partial charge in [-0.05, 0) is 24.6 Å². The molecule has 0 atom stereocenters. The molecule has 0 aliphatic carbocycles. The summed E-state index contributed by atoms with van der Waals surface area (Å²) in [6.07, 6.45) is 5.62. The van der Waals surface area contributed by atoms with E-state index in [0.717, 1.165) is 31.7 Å². The number of carbonyl (C=O) groups excluding carboxylic acids is 1. The lowest BCUT2D eigenvalue weighted by molar-refractivity contribution is -0.116. The Morgan fingerprint density at radius 3 is 2.50 bits per heavy atom. The van der Waals surface area contributed by atoms with Crippen LogP contribution in [0.1, 0.15) is 55.8 Å². The van der Waals surface area contributed by atoms with Gasteiger partial charge in [0.15, 0.2) is 0 Å². The minimum atomic E-state index is -1.18. The van der Waals surface area contributed by atoms with E-state index in [2.05, 4.69) is 12.2 Å². The maximum atomic E-state index is 11.7. The third kappa shape index (κ3) is 5.30. The van der Waals surface area contributed by atoms with Crippen molar-refractivity contribution in [2.45, 2.75) is 45.4 Å². The van der Waals surface area contributed by atoms with E-state index >= 15 is 0 Å². The topological polar surface area (TPSA) is 86.6 Å². The summed E-state index contributed by atoms with van der Waals surface area (Å²) >= 11 is 0. The Morgan fingerprint density at radius 1 is 1.15 bits per heavy atom. The van der Waals surface area contributed by atoms with Gasteiger partial charge in [-0.3, -0.25) is 4.79 Å². The number of anilines is 1. The predicted molar refractivity (Wildman–Crippen MR) is 77.1 cm³/mol. The van der Waals surface area contributed by atoms with Gasteiger partial charge in [0.2, 0.25) is 5.91 Å². The molecule has 3 N–H and O–H groups in total.